The van der Waals surface area contributed by atoms with Crippen molar-refractivity contribution in [1.82, 2.24) is 9.13 Å². The Morgan fingerprint density at radius 3 is 1.31 bits per heavy atom. The fraction of sp³-hybridized carbons (Fsp3) is 0.133. The Labute approximate surface area is 226 Å². The minimum atomic E-state index is -0.826. The topological polar surface area (TPSA) is 9.86 Å². The van der Waals surface area contributed by atoms with Crippen molar-refractivity contribution >= 4 is 38.6 Å². The zero-order valence-corrected chi connectivity index (χ0v) is 24.4. The molecule has 0 spiro atoms. The molecular formula is C30H28Cl2N2Zr. The molecule has 0 N–H and O–H groups in total. The molecular weight excluding hydrogens is 550 g/mol. The average molecular weight is 579 g/mol. The van der Waals surface area contributed by atoms with Crippen molar-refractivity contribution in [3.05, 3.63) is 120 Å². The molecule has 0 aliphatic heterocycles. The maximum atomic E-state index is 4.93. The van der Waals surface area contributed by atoms with Crippen molar-refractivity contribution in [2.45, 2.75) is 27.7 Å². The van der Waals surface area contributed by atoms with Gasteiger partial charge in [-0.2, -0.15) is 0 Å². The van der Waals surface area contributed by atoms with Crippen LogP contribution in [0.3, 0.4) is 0 Å². The molecule has 6 aromatic rings. The van der Waals surface area contributed by atoms with E-state index in [0.717, 1.165) is 0 Å². The third-order valence-corrected chi connectivity index (χ3v) is 6.13. The molecule has 0 saturated heterocycles. The van der Waals surface area contributed by atoms with Crippen LogP contribution < -0.4 is 0 Å². The first-order chi connectivity index (χ1) is 16.9. The molecule has 2 aromatic heterocycles. The van der Waals surface area contributed by atoms with Crippen LogP contribution in [0.25, 0.3) is 32.9 Å². The van der Waals surface area contributed by atoms with E-state index in [4.69, 9.17) is 17.0 Å². The van der Waals surface area contributed by atoms with Gasteiger partial charge in [-0.05, 0) is 62.9 Å². The molecule has 35 heavy (non-hydrogen) atoms. The molecule has 5 heteroatoms. The second-order valence-electron chi connectivity index (χ2n) is 8.74. The van der Waals surface area contributed by atoms with E-state index in [-0.39, 0.29) is 0 Å². The van der Waals surface area contributed by atoms with Gasteiger partial charge in [0.2, 0.25) is 0 Å². The molecule has 0 amide bonds. The molecule has 176 valence electrons. The summed E-state index contributed by atoms with van der Waals surface area (Å²) in [5.41, 5.74) is 7.75. The van der Waals surface area contributed by atoms with Crippen LogP contribution in [0.2, 0.25) is 0 Å². The number of rotatable bonds is 2. The van der Waals surface area contributed by atoms with E-state index in [1.807, 2.05) is 0 Å². The van der Waals surface area contributed by atoms with Crippen molar-refractivity contribution in [2.24, 2.45) is 0 Å². The van der Waals surface area contributed by atoms with Gasteiger partial charge in [-0.1, -0.05) is 93.3 Å². The first-order valence-corrected chi connectivity index (χ1v) is 17.8. The van der Waals surface area contributed by atoms with Gasteiger partial charge in [0.05, 0.1) is 0 Å². The van der Waals surface area contributed by atoms with Gasteiger partial charge in [0.25, 0.3) is 0 Å². The molecule has 0 unspecified atom stereocenters. The summed E-state index contributed by atoms with van der Waals surface area (Å²) in [5, 5.41) is 5.26. The van der Waals surface area contributed by atoms with E-state index in [0.29, 0.717) is 0 Å². The normalized spacial score (nSPS) is 10.5. The second kappa shape index (κ2) is 11.6. The van der Waals surface area contributed by atoms with E-state index in [2.05, 4.69) is 134 Å². The summed E-state index contributed by atoms with van der Waals surface area (Å²) in [4.78, 5) is 0. The van der Waals surface area contributed by atoms with Crippen LogP contribution in [0.1, 0.15) is 22.5 Å². The molecule has 0 aliphatic rings. The molecule has 6 rings (SSSR count). The molecule has 0 fully saturated rings. The fourth-order valence-corrected chi connectivity index (χ4v) is 4.69. The summed E-state index contributed by atoms with van der Waals surface area (Å²) in [6.07, 6.45) is 4.38. The van der Waals surface area contributed by atoms with Gasteiger partial charge < -0.3 is 9.13 Å². The Bertz CT molecular complexity index is 1430. The first-order valence-electron chi connectivity index (χ1n) is 11.5. The molecule has 0 bridgehead atoms. The van der Waals surface area contributed by atoms with Crippen molar-refractivity contribution in [2.75, 3.05) is 0 Å². The van der Waals surface area contributed by atoms with Crippen LogP contribution in [-0.2, 0) is 20.8 Å². The Morgan fingerprint density at radius 1 is 0.600 bits per heavy atom. The van der Waals surface area contributed by atoms with Gasteiger partial charge >= 0.3 is 37.9 Å². The summed E-state index contributed by atoms with van der Waals surface area (Å²) >= 11 is -0.826. The zero-order valence-electron chi connectivity index (χ0n) is 20.4. The number of aromatic nitrogens is 2. The molecule has 0 aliphatic carbocycles. The molecule has 0 atom stereocenters. The number of aryl methyl sites for hydroxylation is 4. The van der Waals surface area contributed by atoms with E-state index in [9.17, 15) is 0 Å². The predicted octanol–water partition coefficient (Wildman–Crippen LogP) is 9.31. The summed E-state index contributed by atoms with van der Waals surface area (Å²) < 4.78 is 4.52. The second-order valence-corrected chi connectivity index (χ2v) is 12.5. The number of halogens is 2. The molecule has 2 heterocycles. The zero-order chi connectivity index (χ0) is 24.9. The Hall–Kier alpha value is -2.32. The quantitative estimate of drug-likeness (QED) is 0.181. The summed E-state index contributed by atoms with van der Waals surface area (Å²) in [7, 11) is 9.87. The van der Waals surface area contributed by atoms with Crippen LogP contribution in [0, 0.1) is 27.7 Å². The standard InChI is InChI=1S/2C15H14N.2ClH.Zr/c2*1-11-9-12(2)16(10-11)15-8-7-13-5-3-4-6-14(13)15;;;/h2*3-10H,1-2H3;2*1H;/q2*-1;;;+4/p-2. The van der Waals surface area contributed by atoms with Gasteiger partial charge in [0.1, 0.15) is 0 Å². The van der Waals surface area contributed by atoms with Crippen LogP contribution >= 0.6 is 17.0 Å². The third-order valence-electron chi connectivity index (χ3n) is 6.13. The van der Waals surface area contributed by atoms with Gasteiger partial charge in [-0.3, -0.25) is 0 Å². The summed E-state index contributed by atoms with van der Waals surface area (Å²) in [5.74, 6) is 0. The van der Waals surface area contributed by atoms with E-state index < -0.39 is 20.8 Å². The Morgan fingerprint density at radius 2 is 0.971 bits per heavy atom. The van der Waals surface area contributed by atoms with Crippen LogP contribution in [0.4, 0.5) is 0 Å². The molecule has 2 nitrogen and oxygen atoms in total. The molecule has 0 radical (unpaired) electrons. The van der Waals surface area contributed by atoms with E-state index in [1.54, 1.807) is 0 Å². The summed E-state index contributed by atoms with van der Waals surface area (Å²) in [6, 6.07) is 30.2. The van der Waals surface area contributed by atoms with Gasteiger partial charge in [-0.15, -0.1) is 24.3 Å². The third kappa shape index (κ3) is 5.75. The number of benzene rings is 2. The number of fused-ring (bicyclic) bond motifs is 2. The van der Waals surface area contributed by atoms with Gasteiger partial charge in [0.15, 0.2) is 0 Å². The minimum absolute atomic E-state index is 0.826. The Kier molecular flexibility index (Phi) is 8.55. The van der Waals surface area contributed by atoms with Gasteiger partial charge in [-0.25, -0.2) is 0 Å². The van der Waals surface area contributed by atoms with Crippen LogP contribution in [-0.4, -0.2) is 9.13 Å². The van der Waals surface area contributed by atoms with Gasteiger partial charge in [0, 0.05) is 0 Å². The first kappa shape index (κ1) is 25.8. The van der Waals surface area contributed by atoms with Crippen LogP contribution in [0.5, 0.6) is 0 Å². The average Bonchev–Trinajstić information content (AvgIpc) is 3.60. The van der Waals surface area contributed by atoms with E-state index >= 15 is 0 Å². The predicted molar refractivity (Wildman–Crippen MR) is 148 cm³/mol. The fourth-order valence-electron chi connectivity index (χ4n) is 4.69. The van der Waals surface area contributed by atoms with Crippen molar-refractivity contribution < 1.29 is 20.8 Å². The van der Waals surface area contributed by atoms with Crippen molar-refractivity contribution in [3.8, 4) is 11.4 Å². The van der Waals surface area contributed by atoms with Crippen LogP contribution in [0.15, 0.2) is 97.3 Å². The number of nitrogens with zero attached hydrogens (tertiary/aromatic N) is 2. The SMILES string of the molecule is Cc1cc(C)n(-[c-]2ccc3ccccc32)c1.Cc1cc(C)n(-[c-]2ccc3ccccc32)c1.[Cl][Zr+2][Cl]. The Balaban J connectivity index is 0.000000149. The molecule has 0 saturated carbocycles. The van der Waals surface area contributed by atoms with Crippen molar-refractivity contribution in [1.29, 1.82) is 0 Å². The number of hydrogen-bond acceptors (Lipinski definition) is 0. The maximum absolute atomic E-state index is 4.93. The number of hydrogen-bond donors (Lipinski definition) is 0. The summed E-state index contributed by atoms with van der Waals surface area (Å²) in [6.45, 7) is 8.56. The molecule has 4 aromatic carbocycles. The monoisotopic (exact) mass is 576 g/mol. The van der Waals surface area contributed by atoms with E-state index in [1.165, 1.54) is 55.4 Å². The van der Waals surface area contributed by atoms with Crippen molar-refractivity contribution in [3.63, 3.8) is 0 Å².